The summed E-state index contributed by atoms with van der Waals surface area (Å²) < 4.78 is 17.5. The quantitative estimate of drug-likeness (QED) is 0.516. The fraction of sp³-hybridized carbons (Fsp3) is 0.348. The molecule has 2 aromatic rings. The summed E-state index contributed by atoms with van der Waals surface area (Å²) in [7, 11) is 0. The first kappa shape index (κ1) is 20.1. The monoisotopic (exact) mass is 409 g/mol. The number of ether oxygens (including phenoxy) is 3. The fourth-order valence-corrected chi connectivity index (χ4v) is 3.82. The predicted molar refractivity (Wildman–Crippen MR) is 109 cm³/mol. The molecule has 3 unspecified atom stereocenters. The van der Waals surface area contributed by atoms with Crippen LogP contribution in [0.4, 0.5) is 5.69 Å². The van der Waals surface area contributed by atoms with Gasteiger partial charge in [-0.15, -0.1) is 0 Å². The van der Waals surface area contributed by atoms with Crippen molar-refractivity contribution in [2.24, 2.45) is 5.92 Å². The van der Waals surface area contributed by atoms with Gasteiger partial charge in [0.25, 0.3) is 5.69 Å². The molecule has 4 rings (SSSR count). The summed E-state index contributed by atoms with van der Waals surface area (Å²) in [5.74, 6) is 0.600. The highest BCUT2D eigenvalue weighted by Crippen LogP contribution is 2.35. The molecular formula is C23H23NO6. The van der Waals surface area contributed by atoms with Gasteiger partial charge in [-0.3, -0.25) is 14.9 Å². The maximum Gasteiger partial charge on any atom is 0.269 e. The van der Waals surface area contributed by atoms with Crippen LogP contribution in [-0.2, 0) is 20.9 Å². The van der Waals surface area contributed by atoms with Crippen molar-refractivity contribution in [1.29, 1.82) is 0 Å². The Morgan fingerprint density at radius 1 is 1.10 bits per heavy atom. The lowest BCUT2D eigenvalue weighted by Gasteiger charge is -2.37. The largest absolute Gasteiger partial charge is 0.493 e. The van der Waals surface area contributed by atoms with E-state index in [4.69, 9.17) is 14.2 Å². The van der Waals surface area contributed by atoms with E-state index in [2.05, 4.69) is 0 Å². The van der Waals surface area contributed by atoms with Crippen LogP contribution in [0.1, 0.15) is 30.4 Å². The van der Waals surface area contributed by atoms with Crippen LogP contribution in [0.2, 0.25) is 0 Å². The third-order valence-electron chi connectivity index (χ3n) is 5.55. The average Bonchev–Trinajstić information content (AvgIpc) is 2.76. The van der Waals surface area contributed by atoms with E-state index in [1.165, 1.54) is 18.4 Å². The van der Waals surface area contributed by atoms with Gasteiger partial charge in [-0.2, -0.15) is 0 Å². The molecule has 2 aromatic carbocycles. The standard InChI is InChI=1S/C23H23NO6/c1-15-2-8-18(9-3-15)30-22-14-29-21-12-19(10-11-20(21)23(22)25)28-13-16-4-6-17(7-5-16)24(26)27/h2-9,14,19-21H,10-13H2,1H3. The summed E-state index contributed by atoms with van der Waals surface area (Å²) in [6.45, 7) is 2.36. The number of non-ortho nitro benzene ring substituents is 1. The second-order valence-corrected chi connectivity index (χ2v) is 7.71. The van der Waals surface area contributed by atoms with Gasteiger partial charge in [-0.25, -0.2) is 0 Å². The molecule has 0 radical (unpaired) electrons. The van der Waals surface area contributed by atoms with Crippen LogP contribution < -0.4 is 4.74 Å². The number of Topliss-reactive ketones (excluding diaryl/α,β-unsaturated/α-hetero) is 1. The van der Waals surface area contributed by atoms with Gasteiger partial charge in [0.2, 0.25) is 11.5 Å². The Bertz CT molecular complexity index is 951. The molecule has 1 aliphatic heterocycles. The van der Waals surface area contributed by atoms with E-state index in [0.29, 0.717) is 25.2 Å². The summed E-state index contributed by atoms with van der Waals surface area (Å²) in [6.07, 6.45) is 3.21. The highest BCUT2D eigenvalue weighted by molar-refractivity contribution is 5.96. The SMILES string of the molecule is Cc1ccc(OC2=COC3CC(OCc4ccc([N+](=O)[O-])cc4)CCC3C2=O)cc1. The Morgan fingerprint density at radius 3 is 2.53 bits per heavy atom. The molecule has 0 amide bonds. The van der Waals surface area contributed by atoms with Crippen LogP contribution >= 0.6 is 0 Å². The number of rotatable bonds is 6. The highest BCUT2D eigenvalue weighted by atomic mass is 16.6. The summed E-state index contributed by atoms with van der Waals surface area (Å²) >= 11 is 0. The second-order valence-electron chi connectivity index (χ2n) is 7.71. The van der Waals surface area contributed by atoms with Crippen LogP contribution in [0.5, 0.6) is 5.75 Å². The zero-order valence-electron chi connectivity index (χ0n) is 16.7. The first-order chi connectivity index (χ1) is 14.5. The van der Waals surface area contributed by atoms with Crippen molar-refractivity contribution in [3.63, 3.8) is 0 Å². The molecule has 7 nitrogen and oxygen atoms in total. The number of hydrogen-bond acceptors (Lipinski definition) is 6. The number of nitro groups is 1. The molecule has 0 aromatic heterocycles. The number of allylic oxidation sites excluding steroid dienone is 1. The van der Waals surface area contributed by atoms with Crippen LogP contribution in [0.15, 0.2) is 60.6 Å². The molecule has 1 aliphatic carbocycles. The molecule has 1 fully saturated rings. The van der Waals surface area contributed by atoms with Gasteiger partial charge in [0.05, 0.1) is 23.6 Å². The first-order valence-electron chi connectivity index (χ1n) is 9.99. The van der Waals surface area contributed by atoms with E-state index in [1.807, 2.05) is 31.2 Å². The second kappa shape index (κ2) is 8.67. The van der Waals surface area contributed by atoms with Crippen molar-refractivity contribution >= 4 is 11.5 Å². The van der Waals surface area contributed by atoms with Gasteiger partial charge in [0, 0.05) is 18.6 Å². The van der Waals surface area contributed by atoms with Crippen LogP contribution in [0, 0.1) is 23.0 Å². The summed E-state index contributed by atoms with van der Waals surface area (Å²) in [5, 5.41) is 10.7. The van der Waals surface area contributed by atoms with Crippen LogP contribution in [-0.4, -0.2) is 22.9 Å². The number of nitrogens with zero attached hydrogens (tertiary/aromatic N) is 1. The number of fused-ring (bicyclic) bond motifs is 1. The Labute approximate surface area is 174 Å². The Kier molecular flexibility index (Phi) is 5.81. The molecule has 3 atom stereocenters. The molecule has 0 N–H and O–H groups in total. The van der Waals surface area contributed by atoms with E-state index in [0.717, 1.165) is 17.5 Å². The van der Waals surface area contributed by atoms with E-state index in [9.17, 15) is 14.9 Å². The minimum atomic E-state index is -0.423. The minimum absolute atomic E-state index is 0.0257. The average molecular weight is 409 g/mol. The summed E-state index contributed by atoms with van der Waals surface area (Å²) in [6, 6.07) is 13.9. The summed E-state index contributed by atoms with van der Waals surface area (Å²) in [5.41, 5.74) is 2.05. The number of carbonyl (C=O) groups excluding carboxylic acids is 1. The van der Waals surface area contributed by atoms with Gasteiger partial charge in [-0.1, -0.05) is 17.7 Å². The van der Waals surface area contributed by atoms with Crippen molar-refractivity contribution in [1.82, 2.24) is 0 Å². The third kappa shape index (κ3) is 4.52. The molecular weight excluding hydrogens is 386 g/mol. The lowest BCUT2D eigenvalue weighted by molar-refractivity contribution is -0.384. The topological polar surface area (TPSA) is 87.9 Å². The van der Waals surface area contributed by atoms with Crippen molar-refractivity contribution in [2.45, 2.75) is 45.0 Å². The number of carbonyl (C=O) groups is 1. The zero-order chi connectivity index (χ0) is 21.1. The highest BCUT2D eigenvalue weighted by Gasteiger charge is 2.41. The lowest BCUT2D eigenvalue weighted by atomic mass is 9.80. The molecule has 30 heavy (non-hydrogen) atoms. The van der Waals surface area contributed by atoms with Crippen molar-refractivity contribution in [3.8, 4) is 5.75 Å². The number of benzene rings is 2. The predicted octanol–water partition coefficient (Wildman–Crippen LogP) is 4.48. The van der Waals surface area contributed by atoms with E-state index in [1.54, 1.807) is 12.1 Å². The Morgan fingerprint density at radius 2 is 1.83 bits per heavy atom. The Hall–Kier alpha value is -3.19. The normalized spacial score (nSPS) is 23.2. The van der Waals surface area contributed by atoms with Gasteiger partial charge in [-0.05, 0) is 49.6 Å². The third-order valence-corrected chi connectivity index (χ3v) is 5.55. The van der Waals surface area contributed by atoms with Crippen LogP contribution in [0.25, 0.3) is 0 Å². The van der Waals surface area contributed by atoms with E-state index in [-0.39, 0.29) is 35.4 Å². The number of aryl methyl sites for hydroxylation is 1. The van der Waals surface area contributed by atoms with Gasteiger partial charge in [0.1, 0.15) is 18.1 Å². The smallest absolute Gasteiger partial charge is 0.269 e. The minimum Gasteiger partial charge on any atom is -0.493 e. The molecule has 0 spiro atoms. The Balaban J connectivity index is 1.32. The zero-order valence-corrected chi connectivity index (χ0v) is 16.7. The maximum absolute atomic E-state index is 12.8. The summed E-state index contributed by atoms with van der Waals surface area (Å²) in [4.78, 5) is 23.1. The van der Waals surface area contributed by atoms with Crippen molar-refractivity contribution in [2.75, 3.05) is 0 Å². The van der Waals surface area contributed by atoms with Gasteiger partial charge in [0.15, 0.2) is 0 Å². The molecule has 2 aliphatic rings. The van der Waals surface area contributed by atoms with Crippen LogP contribution in [0.3, 0.4) is 0 Å². The van der Waals surface area contributed by atoms with Gasteiger partial charge >= 0.3 is 0 Å². The molecule has 7 heteroatoms. The first-order valence-corrected chi connectivity index (χ1v) is 9.99. The van der Waals surface area contributed by atoms with E-state index >= 15 is 0 Å². The van der Waals surface area contributed by atoms with Gasteiger partial charge < -0.3 is 14.2 Å². The molecule has 1 heterocycles. The van der Waals surface area contributed by atoms with Crippen molar-refractivity contribution < 1.29 is 23.9 Å². The molecule has 1 saturated carbocycles. The molecule has 156 valence electrons. The maximum atomic E-state index is 12.8. The van der Waals surface area contributed by atoms with E-state index < -0.39 is 4.92 Å². The van der Waals surface area contributed by atoms with Crippen molar-refractivity contribution in [3.05, 3.63) is 81.8 Å². The fourth-order valence-electron chi connectivity index (χ4n) is 3.82. The number of ketones is 1. The molecule has 0 saturated heterocycles. The molecule has 0 bridgehead atoms. The number of hydrogen-bond donors (Lipinski definition) is 0. The lowest BCUT2D eigenvalue weighted by Crippen LogP contribution is -2.42. The number of nitro benzene ring substituents is 1.